The van der Waals surface area contributed by atoms with Gasteiger partial charge in [-0.05, 0) is 18.4 Å². The smallest absolute Gasteiger partial charge is 0.187 e. The fraction of sp³-hybridized carbons (Fsp3) is 0.300. The second-order valence-corrected chi connectivity index (χ2v) is 3.17. The summed E-state index contributed by atoms with van der Waals surface area (Å²) < 4.78 is 0. The first-order valence-corrected chi connectivity index (χ1v) is 5.99. The predicted octanol–water partition coefficient (Wildman–Crippen LogP) is 2.61. The van der Waals surface area contributed by atoms with E-state index in [4.69, 9.17) is 0 Å². The first-order chi connectivity index (χ1) is 7.40. The topological polar surface area (TPSA) is 54.5 Å². The van der Waals surface area contributed by atoms with Crippen molar-refractivity contribution < 1.29 is 0 Å². The summed E-state index contributed by atoms with van der Waals surface area (Å²) >= 11 is 1.52. The zero-order valence-electron chi connectivity index (χ0n) is 9.06. The number of hydrogen-bond donors (Lipinski definition) is 1. The van der Waals surface area contributed by atoms with Gasteiger partial charge in [-0.1, -0.05) is 25.6 Å². The molecule has 0 bridgehead atoms. The van der Waals surface area contributed by atoms with Crippen LogP contribution in [-0.4, -0.2) is 26.4 Å². The van der Waals surface area contributed by atoms with Gasteiger partial charge in [-0.15, -0.1) is 0 Å². The molecule has 0 amide bonds. The molecule has 5 heteroatoms. The molecule has 0 aliphatic carbocycles. The maximum Gasteiger partial charge on any atom is 0.187 e. The van der Waals surface area contributed by atoms with Crippen LogP contribution in [0.2, 0.25) is 0 Å². The van der Waals surface area contributed by atoms with Crippen molar-refractivity contribution in [2.75, 3.05) is 6.26 Å². The Kier molecular flexibility index (Phi) is 4.83. The summed E-state index contributed by atoms with van der Waals surface area (Å²) in [6.45, 7) is 4.00. The van der Waals surface area contributed by atoms with Crippen molar-refractivity contribution in [2.45, 2.75) is 19.0 Å². The Bertz CT molecular complexity index is 386. The number of aromatic nitrogens is 4. The van der Waals surface area contributed by atoms with E-state index in [0.29, 0.717) is 0 Å². The van der Waals surface area contributed by atoms with Crippen LogP contribution in [0.15, 0.2) is 29.7 Å². The molecule has 2 heterocycles. The molecular weight excluding hydrogens is 208 g/mol. The summed E-state index contributed by atoms with van der Waals surface area (Å²) in [5, 5.41) is 7.49. The Morgan fingerprint density at radius 2 is 2.00 bits per heavy atom. The maximum atomic E-state index is 4.31. The van der Waals surface area contributed by atoms with E-state index in [9.17, 15) is 0 Å². The monoisotopic (exact) mass is 222 g/mol. The highest BCUT2D eigenvalue weighted by molar-refractivity contribution is 7.98. The van der Waals surface area contributed by atoms with E-state index in [1.165, 1.54) is 11.8 Å². The number of rotatable bonds is 2. The molecule has 0 aliphatic rings. The summed E-state index contributed by atoms with van der Waals surface area (Å²) in [6, 6.07) is 3.74. The minimum atomic E-state index is 0.770. The van der Waals surface area contributed by atoms with Crippen LogP contribution in [0.4, 0.5) is 0 Å². The van der Waals surface area contributed by atoms with Crippen LogP contribution in [0.5, 0.6) is 0 Å². The molecule has 0 fully saturated rings. The molecule has 15 heavy (non-hydrogen) atoms. The molecule has 4 nitrogen and oxygen atoms in total. The van der Waals surface area contributed by atoms with E-state index < -0.39 is 0 Å². The first-order valence-electron chi connectivity index (χ1n) is 4.77. The third-order valence-corrected chi connectivity index (χ3v) is 2.15. The number of nitrogens with one attached hydrogen (secondary N) is 1. The van der Waals surface area contributed by atoms with Crippen molar-refractivity contribution in [2.24, 2.45) is 0 Å². The van der Waals surface area contributed by atoms with E-state index in [2.05, 4.69) is 20.2 Å². The molecule has 0 spiro atoms. The Balaban J connectivity index is 0.000000531. The second kappa shape index (κ2) is 6.19. The van der Waals surface area contributed by atoms with Crippen LogP contribution in [-0.2, 0) is 0 Å². The molecule has 0 aliphatic heterocycles. The van der Waals surface area contributed by atoms with Gasteiger partial charge in [0.05, 0.1) is 11.4 Å². The highest BCUT2D eigenvalue weighted by atomic mass is 32.2. The molecule has 0 aromatic carbocycles. The van der Waals surface area contributed by atoms with Crippen molar-refractivity contribution in [3.05, 3.63) is 24.5 Å². The Morgan fingerprint density at radius 3 is 2.60 bits per heavy atom. The molecule has 2 rings (SSSR count). The SMILES string of the molecule is CC.CSc1nccc(-c2ccn[nH]2)n1. The van der Waals surface area contributed by atoms with Crippen LogP contribution in [0.1, 0.15) is 13.8 Å². The van der Waals surface area contributed by atoms with Crippen molar-refractivity contribution >= 4 is 11.8 Å². The minimum Gasteiger partial charge on any atom is -0.276 e. The average molecular weight is 222 g/mol. The van der Waals surface area contributed by atoms with E-state index in [1.807, 2.05) is 32.2 Å². The second-order valence-electron chi connectivity index (χ2n) is 2.40. The van der Waals surface area contributed by atoms with Crippen LogP contribution in [0, 0.1) is 0 Å². The zero-order chi connectivity index (χ0) is 11.1. The molecule has 2 aromatic rings. The van der Waals surface area contributed by atoms with E-state index >= 15 is 0 Å². The van der Waals surface area contributed by atoms with Crippen LogP contribution >= 0.6 is 11.8 Å². The largest absolute Gasteiger partial charge is 0.276 e. The number of nitrogens with zero attached hydrogens (tertiary/aromatic N) is 3. The zero-order valence-corrected chi connectivity index (χ0v) is 9.88. The minimum absolute atomic E-state index is 0.770. The molecular formula is C10H14N4S. The van der Waals surface area contributed by atoms with Gasteiger partial charge >= 0.3 is 0 Å². The molecule has 0 atom stereocenters. The lowest BCUT2D eigenvalue weighted by Crippen LogP contribution is -1.88. The third-order valence-electron chi connectivity index (χ3n) is 1.59. The lowest BCUT2D eigenvalue weighted by molar-refractivity contribution is 0.966. The van der Waals surface area contributed by atoms with Gasteiger partial charge in [0, 0.05) is 12.4 Å². The van der Waals surface area contributed by atoms with Gasteiger partial charge in [-0.3, -0.25) is 5.10 Å². The lowest BCUT2D eigenvalue weighted by Gasteiger charge is -1.97. The first kappa shape index (κ1) is 11.7. The quantitative estimate of drug-likeness (QED) is 0.627. The van der Waals surface area contributed by atoms with Gasteiger partial charge in [0.25, 0.3) is 0 Å². The standard InChI is InChI=1S/C8H8N4S.C2H6/c1-13-8-9-4-2-6(11-8)7-3-5-10-12-7;1-2/h2-5H,1H3,(H,10,12);1-2H3. The summed E-state index contributed by atoms with van der Waals surface area (Å²) in [5.74, 6) is 0. The van der Waals surface area contributed by atoms with E-state index in [1.54, 1.807) is 12.4 Å². The third kappa shape index (κ3) is 3.06. The van der Waals surface area contributed by atoms with Gasteiger partial charge in [0.2, 0.25) is 0 Å². The molecule has 0 saturated heterocycles. The van der Waals surface area contributed by atoms with Crippen molar-refractivity contribution in [3.63, 3.8) is 0 Å². The fourth-order valence-corrected chi connectivity index (χ4v) is 1.34. The van der Waals surface area contributed by atoms with Gasteiger partial charge in [-0.25, -0.2) is 9.97 Å². The van der Waals surface area contributed by atoms with Crippen LogP contribution in [0.3, 0.4) is 0 Å². The van der Waals surface area contributed by atoms with Crippen LogP contribution in [0.25, 0.3) is 11.4 Å². The van der Waals surface area contributed by atoms with Crippen molar-refractivity contribution in [1.82, 2.24) is 20.2 Å². The van der Waals surface area contributed by atoms with Gasteiger partial charge in [-0.2, -0.15) is 5.10 Å². The van der Waals surface area contributed by atoms with Crippen LogP contribution < -0.4 is 0 Å². The molecule has 0 unspecified atom stereocenters. The van der Waals surface area contributed by atoms with Gasteiger partial charge < -0.3 is 0 Å². The molecule has 80 valence electrons. The highest BCUT2D eigenvalue weighted by Gasteiger charge is 2.01. The molecule has 0 saturated carbocycles. The maximum absolute atomic E-state index is 4.31. The predicted molar refractivity (Wildman–Crippen MR) is 62.7 cm³/mol. The van der Waals surface area contributed by atoms with E-state index in [0.717, 1.165) is 16.5 Å². The number of H-pyrrole nitrogens is 1. The average Bonchev–Trinajstić information content (AvgIpc) is 2.85. The number of thioether (sulfide) groups is 1. The fourth-order valence-electron chi connectivity index (χ4n) is 0.988. The summed E-state index contributed by atoms with van der Waals surface area (Å²) in [5.41, 5.74) is 1.79. The summed E-state index contributed by atoms with van der Waals surface area (Å²) in [4.78, 5) is 8.40. The Morgan fingerprint density at radius 1 is 1.20 bits per heavy atom. The summed E-state index contributed by atoms with van der Waals surface area (Å²) in [7, 11) is 0. The number of aromatic amines is 1. The Hall–Kier alpha value is -1.36. The van der Waals surface area contributed by atoms with Gasteiger partial charge in [0.15, 0.2) is 5.16 Å². The molecule has 0 radical (unpaired) electrons. The van der Waals surface area contributed by atoms with Crippen molar-refractivity contribution in [1.29, 1.82) is 0 Å². The highest BCUT2D eigenvalue weighted by Crippen LogP contribution is 2.15. The Labute approximate surface area is 93.5 Å². The summed E-state index contributed by atoms with van der Waals surface area (Å²) in [6.07, 6.45) is 5.40. The molecule has 2 aromatic heterocycles. The molecule has 1 N–H and O–H groups in total. The van der Waals surface area contributed by atoms with E-state index in [-0.39, 0.29) is 0 Å². The lowest BCUT2D eigenvalue weighted by atomic mass is 10.3. The van der Waals surface area contributed by atoms with Gasteiger partial charge in [0.1, 0.15) is 0 Å². The number of hydrogen-bond acceptors (Lipinski definition) is 4. The normalized spacial score (nSPS) is 9.27. The van der Waals surface area contributed by atoms with Crippen molar-refractivity contribution in [3.8, 4) is 11.4 Å².